The molecule has 1 saturated heterocycles. The van der Waals surface area contributed by atoms with Crippen LogP contribution in [0, 0.1) is 3.77 Å². The third kappa shape index (κ3) is 3.15. The van der Waals surface area contributed by atoms with Gasteiger partial charge in [0.2, 0.25) is 0 Å². The Morgan fingerprint density at radius 1 is 1.09 bits per heavy atom. The molecule has 1 aromatic heterocycles. The summed E-state index contributed by atoms with van der Waals surface area (Å²) in [5.41, 5.74) is 0.120. The molecule has 6 nitrogen and oxygen atoms in total. The number of rotatable bonds is 2. The molecule has 1 fully saturated rings. The number of carbonyl (C=O) groups excluding carboxylic acids is 3. The number of anilines is 1. The van der Waals surface area contributed by atoms with Crippen molar-refractivity contribution >= 4 is 63.8 Å². The van der Waals surface area contributed by atoms with E-state index in [1.54, 1.807) is 24.3 Å². The molecule has 1 N–H and O–H groups in total. The first-order chi connectivity index (χ1) is 11.0. The van der Waals surface area contributed by atoms with E-state index in [1.165, 1.54) is 18.2 Å². The van der Waals surface area contributed by atoms with Crippen LogP contribution >= 0.6 is 34.2 Å². The van der Waals surface area contributed by atoms with E-state index in [1.807, 2.05) is 22.6 Å². The summed E-state index contributed by atoms with van der Waals surface area (Å²) in [6, 6.07) is 8.64. The van der Waals surface area contributed by atoms with Crippen LogP contribution in [0.4, 0.5) is 10.5 Å². The Labute approximate surface area is 149 Å². The number of furan rings is 1. The van der Waals surface area contributed by atoms with Crippen LogP contribution in [0.15, 0.2) is 46.4 Å². The fourth-order valence-electron chi connectivity index (χ4n) is 2.03. The number of carbonyl (C=O) groups is 3. The number of barbiturate groups is 1. The Kier molecular flexibility index (Phi) is 4.22. The zero-order chi connectivity index (χ0) is 16.6. The Bertz CT molecular complexity index is 841. The average Bonchev–Trinajstić information content (AvgIpc) is 2.91. The molecule has 3 rings (SSSR count). The van der Waals surface area contributed by atoms with Crippen LogP contribution in [0.25, 0.3) is 6.08 Å². The molecule has 116 valence electrons. The second kappa shape index (κ2) is 6.17. The van der Waals surface area contributed by atoms with Crippen molar-refractivity contribution in [1.29, 1.82) is 0 Å². The number of benzene rings is 1. The molecule has 0 bridgehead atoms. The highest BCUT2D eigenvalue weighted by molar-refractivity contribution is 14.1. The average molecular weight is 443 g/mol. The lowest BCUT2D eigenvalue weighted by Crippen LogP contribution is -2.54. The van der Waals surface area contributed by atoms with Gasteiger partial charge in [0.25, 0.3) is 11.8 Å². The van der Waals surface area contributed by atoms with Gasteiger partial charge in [-0.25, -0.2) is 9.69 Å². The number of nitrogens with zero attached hydrogens (tertiary/aromatic N) is 1. The fourth-order valence-corrected chi connectivity index (χ4v) is 2.59. The molecular formula is C15H8ClIN2O4. The zero-order valence-electron chi connectivity index (χ0n) is 11.4. The SMILES string of the molecule is O=C1NC(=O)N(c2ccc(Cl)cc2)C(=O)C1=Cc1ccc(I)o1. The fraction of sp³-hybridized carbons (Fsp3) is 0. The highest BCUT2D eigenvalue weighted by Gasteiger charge is 2.36. The van der Waals surface area contributed by atoms with Gasteiger partial charge in [-0.1, -0.05) is 11.6 Å². The lowest BCUT2D eigenvalue weighted by Gasteiger charge is -2.26. The molecule has 1 aromatic carbocycles. The van der Waals surface area contributed by atoms with Gasteiger partial charge in [0.15, 0.2) is 3.77 Å². The highest BCUT2D eigenvalue weighted by Crippen LogP contribution is 2.24. The van der Waals surface area contributed by atoms with E-state index >= 15 is 0 Å². The molecule has 0 saturated carbocycles. The van der Waals surface area contributed by atoms with Gasteiger partial charge in [-0.3, -0.25) is 14.9 Å². The molecule has 0 radical (unpaired) electrons. The van der Waals surface area contributed by atoms with Gasteiger partial charge in [-0.15, -0.1) is 0 Å². The van der Waals surface area contributed by atoms with Crippen molar-refractivity contribution < 1.29 is 18.8 Å². The maximum absolute atomic E-state index is 12.5. The summed E-state index contributed by atoms with van der Waals surface area (Å²) in [5.74, 6) is -1.15. The molecule has 0 atom stereocenters. The normalized spacial score (nSPS) is 16.9. The van der Waals surface area contributed by atoms with Crippen LogP contribution < -0.4 is 10.2 Å². The number of halogens is 2. The van der Waals surface area contributed by atoms with E-state index in [4.69, 9.17) is 16.0 Å². The molecule has 2 heterocycles. The number of imide groups is 2. The van der Waals surface area contributed by atoms with Gasteiger partial charge in [-0.2, -0.15) is 0 Å². The second-order valence-electron chi connectivity index (χ2n) is 4.58. The number of urea groups is 1. The summed E-state index contributed by atoms with van der Waals surface area (Å²) >= 11 is 7.77. The first-order valence-corrected chi connectivity index (χ1v) is 7.84. The van der Waals surface area contributed by atoms with Gasteiger partial charge in [-0.05, 0) is 65.1 Å². The van der Waals surface area contributed by atoms with E-state index in [-0.39, 0.29) is 5.57 Å². The van der Waals surface area contributed by atoms with Crippen LogP contribution in [-0.2, 0) is 9.59 Å². The van der Waals surface area contributed by atoms with Crippen LogP contribution in [0.1, 0.15) is 5.76 Å². The first-order valence-electron chi connectivity index (χ1n) is 6.38. The molecule has 1 aliphatic heterocycles. The topological polar surface area (TPSA) is 79.6 Å². The predicted octanol–water partition coefficient (Wildman–Crippen LogP) is 3.20. The lowest BCUT2D eigenvalue weighted by molar-refractivity contribution is -0.122. The minimum atomic E-state index is -0.812. The van der Waals surface area contributed by atoms with Crippen LogP contribution in [0.3, 0.4) is 0 Å². The molecule has 4 amide bonds. The molecule has 23 heavy (non-hydrogen) atoms. The molecule has 0 unspecified atom stereocenters. The summed E-state index contributed by atoms with van der Waals surface area (Å²) in [6.45, 7) is 0. The molecule has 8 heteroatoms. The van der Waals surface area contributed by atoms with E-state index in [0.717, 1.165) is 4.90 Å². The third-order valence-electron chi connectivity index (χ3n) is 3.07. The van der Waals surface area contributed by atoms with E-state index in [2.05, 4.69) is 5.32 Å². The van der Waals surface area contributed by atoms with Crippen molar-refractivity contribution in [2.45, 2.75) is 0 Å². The van der Waals surface area contributed by atoms with E-state index in [0.29, 0.717) is 20.2 Å². The molecule has 1 aliphatic rings. The summed E-state index contributed by atoms with van der Waals surface area (Å²) in [6.07, 6.45) is 1.30. The van der Waals surface area contributed by atoms with Gasteiger partial charge in [0, 0.05) is 5.02 Å². The maximum atomic E-state index is 12.5. The van der Waals surface area contributed by atoms with Crippen LogP contribution in [0.5, 0.6) is 0 Å². The Morgan fingerprint density at radius 3 is 2.39 bits per heavy atom. The standard InChI is InChI=1S/C15H8ClIN2O4/c16-8-1-3-9(4-2-8)19-14(21)11(13(20)18-15(19)22)7-10-5-6-12(17)23-10/h1-7H,(H,18,20,22). The number of hydrogen-bond acceptors (Lipinski definition) is 4. The number of amides is 4. The van der Waals surface area contributed by atoms with Crippen molar-refractivity contribution in [3.8, 4) is 0 Å². The molecule has 0 aliphatic carbocycles. The first kappa shape index (κ1) is 15.8. The highest BCUT2D eigenvalue weighted by atomic mass is 127. The van der Waals surface area contributed by atoms with Crippen molar-refractivity contribution in [2.24, 2.45) is 0 Å². The molecule has 0 spiro atoms. The minimum Gasteiger partial charge on any atom is -0.451 e. The van der Waals surface area contributed by atoms with Crippen LogP contribution in [0.2, 0.25) is 5.02 Å². The largest absolute Gasteiger partial charge is 0.451 e. The van der Waals surface area contributed by atoms with Gasteiger partial charge < -0.3 is 4.42 Å². The number of nitrogens with one attached hydrogen (secondary N) is 1. The number of hydrogen-bond donors (Lipinski definition) is 1. The van der Waals surface area contributed by atoms with Crippen molar-refractivity contribution in [3.05, 3.63) is 56.5 Å². The van der Waals surface area contributed by atoms with Gasteiger partial charge in [0.05, 0.1) is 5.69 Å². The second-order valence-corrected chi connectivity index (χ2v) is 6.08. The summed E-state index contributed by atoms with van der Waals surface area (Å²) in [5, 5.41) is 2.60. The summed E-state index contributed by atoms with van der Waals surface area (Å²) < 4.78 is 5.94. The van der Waals surface area contributed by atoms with E-state index in [9.17, 15) is 14.4 Å². The predicted molar refractivity (Wildman–Crippen MR) is 91.9 cm³/mol. The van der Waals surface area contributed by atoms with Gasteiger partial charge >= 0.3 is 6.03 Å². The smallest absolute Gasteiger partial charge is 0.335 e. The zero-order valence-corrected chi connectivity index (χ0v) is 14.3. The third-order valence-corrected chi connectivity index (χ3v) is 3.90. The summed E-state index contributed by atoms with van der Waals surface area (Å²) in [4.78, 5) is 37.4. The Hall–Kier alpha value is -2.13. The maximum Gasteiger partial charge on any atom is 0.335 e. The quantitative estimate of drug-likeness (QED) is 0.440. The monoisotopic (exact) mass is 442 g/mol. The van der Waals surface area contributed by atoms with Gasteiger partial charge in [0.1, 0.15) is 11.3 Å². The summed E-state index contributed by atoms with van der Waals surface area (Å²) in [7, 11) is 0. The van der Waals surface area contributed by atoms with E-state index < -0.39 is 17.8 Å². The molecule has 2 aromatic rings. The Morgan fingerprint density at radius 2 is 1.78 bits per heavy atom. The van der Waals surface area contributed by atoms with Crippen molar-refractivity contribution in [3.63, 3.8) is 0 Å². The lowest BCUT2D eigenvalue weighted by atomic mass is 10.1. The Balaban J connectivity index is 2.00. The van der Waals surface area contributed by atoms with Crippen LogP contribution in [-0.4, -0.2) is 17.8 Å². The molecular weight excluding hydrogens is 435 g/mol. The minimum absolute atomic E-state index is 0.190. The van der Waals surface area contributed by atoms with Crippen molar-refractivity contribution in [1.82, 2.24) is 5.32 Å². The van der Waals surface area contributed by atoms with Crippen molar-refractivity contribution in [2.75, 3.05) is 4.90 Å².